The number of fused-ring (bicyclic) bond motifs is 1. The molecule has 6 rings (SSSR count). The Labute approximate surface area is 229 Å². The third-order valence-corrected chi connectivity index (χ3v) is 6.63. The number of nitrogen functional groups attached to an aromatic ring is 1. The number of amides is 1. The summed E-state index contributed by atoms with van der Waals surface area (Å²) in [6, 6.07) is 16.7. The summed E-state index contributed by atoms with van der Waals surface area (Å²) < 4.78 is 17.9. The van der Waals surface area contributed by atoms with Gasteiger partial charge in [0.1, 0.15) is 36.5 Å². The van der Waals surface area contributed by atoms with Crippen molar-refractivity contribution < 1.29 is 18.8 Å². The SMILES string of the molecule is Nc1ncnc2c1c(-c1ccc(OCCN3CCOCC3)cc1)nn2-c1ccc(NC(=O)Cc2ccon2)cc1. The van der Waals surface area contributed by atoms with Gasteiger partial charge in [-0.25, -0.2) is 14.6 Å². The smallest absolute Gasteiger partial charge is 0.230 e. The third kappa shape index (κ3) is 5.63. The molecule has 0 bridgehead atoms. The standard InChI is InChI=1S/C28H28N8O4/c29-27-25-26(19-1-7-23(8-2-19)39-16-12-35-10-14-38-15-11-35)33-36(28(25)31-18-30-27)22-5-3-20(4-6-22)32-24(37)17-21-9-13-40-34-21/h1-9,13,18H,10-12,14-17H2,(H,32,37)(H2,29,30,31). The quantitative estimate of drug-likeness (QED) is 0.286. The van der Waals surface area contributed by atoms with E-state index in [4.69, 9.17) is 24.8 Å². The third-order valence-electron chi connectivity index (χ3n) is 6.63. The van der Waals surface area contributed by atoms with E-state index in [2.05, 4.69) is 25.3 Å². The molecule has 40 heavy (non-hydrogen) atoms. The lowest BCUT2D eigenvalue weighted by molar-refractivity contribution is -0.115. The maximum absolute atomic E-state index is 12.3. The van der Waals surface area contributed by atoms with Crippen molar-refractivity contribution in [2.75, 3.05) is 50.5 Å². The van der Waals surface area contributed by atoms with Crippen molar-refractivity contribution in [2.45, 2.75) is 6.42 Å². The van der Waals surface area contributed by atoms with Crippen molar-refractivity contribution >= 4 is 28.4 Å². The van der Waals surface area contributed by atoms with Crippen LogP contribution >= 0.6 is 0 Å². The van der Waals surface area contributed by atoms with Gasteiger partial charge in [0.25, 0.3) is 0 Å². The van der Waals surface area contributed by atoms with E-state index < -0.39 is 0 Å². The summed E-state index contributed by atoms with van der Waals surface area (Å²) in [5.74, 6) is 0.933. The molecule has 12 nitrogen and oxygen atoms in total. The maximum Gasteiger partial charge on any atom is 0.230 e. The predicted octanol–water partition coefficient (Wildman–Crippen LogP) is 2.94. The van der Waals surface area contributed by atoms with Crippen molar-refractivity contribution in [3.8, 4) is 22.7 Å². The highest BCUT2D eigenvalue weighted by molar-refractivity contribution is 5.99. The molecule has 3 aromatic heterocycles. The summed E-state index contributed by atoms with van der Waals surface area (Å²) in [4.78, 5) is 23.3. The van der Waals surface area contributed by atoms with Crippen LogP contribution in [-0.4, -0.2) is 75.2 Å². The lowest BCUT2D eigenvalue weighted by atomic mass is 10.1. The molecular formula is C28H28N8O4. The minimum absolute atomic E-state index is 0.124. The molecule has 0 radical (unpaired) electrons. The van der Waals surface area contributed by atoms with Crippen molar-refractivity contribution in [3.63, 3.8) is 0 Å². The topological polar surface area (TPSA) is 146 Å². The lowest BCUT2D eigenvalue weighted by Crippen LogP contribution is -2.38. The Morgan fingerprint density at radius 3 is 2.58 bits per heavy atom. The van der Waals surface area contributed by atoms with Crippen LogP contribution < -0.4 is 15.8 Å². The molecule has 0 unspecified atom stereocenters. The van der Waals surface area contributed by atoms with Gasteiger partial charge in [-0.15, -0.1) is 0 Å². The summed E-state index contributed by atoms with van der Waals surface area (Å²) in [5, 5.41) is 12.1. The van der Waals surface area contributed by atoms with Gasteiger partial charge in [-0.05, 0) is 48.5 Å². The molecule has 5 aromatic rings. The highest BCUT2D eigenvalue weighted by Gasteiger charge is 2.18. The van der Waals surface area contributed by atoms with E-state index in [0.29, 0.717) is 40.5 Å². The van der Waals surface area contributed by atoms with E-state index in [1.807, 2.05) is 36.4 Å². The second-order valence-electron chi connectivity index (χ2n) is 9.31. The number of rotatable bonds is 9. The number of morpholine rings is 1. The molecule has 204 valence electrons. The summed E-state index contributed by atoms with van der Waals surface area (Å²) in [6.07, 6.45) is 2.98. The minimum Gasteiger partial charge on any atom is -0.492 e. The van der Waals surface area contributed by atoms with Gasteiger partial charge < -0.3 is 25.0 Å². The molecule has 2 aromatic carbocycles. The Balaban J connectivity index is 1.19. The molecule has 12 heteroatoms. The van der Waals surface area contributed by atoms with E-state index >= 15 is 0 Å². The van der Waals surface area contributed by atoms with Crippen LogP contribution in [-0.2, 0) is 16.0 Å². The Morgan fingerprint density at radius 1 is 1.02 bits per heavy atom. The van der Waals surface area contributed by atoms with Crippen LogP contribution in [0.1, 0.15) is 5.69 Å². The number of anilines is 2. The number of nitrogens with one attached hydrogen (secondary N) is 1. The molecule has 1 aliphatic heterocycles. The van der Waals surface area contributed by atoms with E-state index in [1.165, 1.54) is 12.6 Å². The van der Waals surface area contributed by atoms with Crippen molar-refractivity contribution in [1.29, 1.82) is 0 Å². The zero-order chi connectivity index (χ0) is 27.3. The number of nitrogens with two attached hydrogens (primary N) is 1. The van der Waals surface area contributed by atoms with Gasteiger partial charge in [0.05, 0.1) is 36.4 Å². The van der Waals surface area contributed by atoms with Gasteiger partial charge in [0.15, 0.2) is 5.65 Å². The second-order valence-corrected chi connectivity index (χ2v) is 9.31. The normalized spacial score (nSPS) is 13.9. The van der Waals surface area contributed by atoms with Crippen molar-refractivity contribution in [1.82, 2.24) is 29.8 Å². The Morgan fingerprint density at radius 2 is 1.82 bits per heavy atom. The Hall–Kier alpha value is -4.81. The predicted molar refractivity (Wildman–Crippen MR) is 148 cm³/mol. The lowest BCUT2D eigenvalue weighted by Gasteiger charge is -2.26. The highest BCUT2D eigenvalue weighted by Crippen LogP contribution is 2.32. The molecule has 1 fully saturated rings. The molecule has 3 N–H and O–H groups in total. The van der Waals surface area contributed by atoms with Crippen LogP contribution in [0.3, 0.4) is 0 Å². The number of aromatic nitrogens is 5. The number of nitrogens with zero attached hydrogens (tertiary/aromatic N) is 6. The largest absolute Gasteiger partial charge is 0.492 e. The van der Waals surface area contributed by atoms with Crippen molar-refractivity contribution in [3.05, 3.63) is 72.9 Å². The Bertz CT molecular complexity index is 1580. The van der Waals surface area contributed by atoms with E-state index in [1.54, 1.807) is 22.9 Å². The highest BCUT2D eigenvalue weighted by atomic mass is 16.5. The molecule has 0 spiro atoms. The van der Waals surface area contributed by atoms with E-state index in [0.717, 1.165) is 49.8 Å². The Kier molecular flexibility index (Phi) is 7.33. The van der Waals surface area contributed by atoms with Crippen LogP contribution in [0.5, 0.6) is 5.75 Å². The summed E-state index contributed by atoms with van der Waals surface area (Å²) in [6.45, 7) is 4.87. The van der Waals surface area contributed by atoms with Crippen molar-refractivity contribution in [2.24, 2.45) is 0 Å². The van der Waals surface area contributed by atoms with Crippen LogP contribution in [0, 0.1) is 0 Å². The molecule has 1 saturated heterocycles. The second kappa shape index (κ2) is 11.5. The number of hydrogen-bond donors (Lipinski definition) is 2. The first-order chi connectivity index (χ1) is 19.6. The zero-order valence-corrected chi connectivity index (χ0v) is 21.7. The van der Waals surface area contributed by atoms with Gasteiger partial charge in [-0.3, -0.25) is 9.69 Å². The average molecular weight is 541 g/mol. The van der Waals surface area contributed by atoms with Gasteiger partial charge in [0, 0.05) is 37.0 Å². The molecule has 0 atom stereocenters. The first-order valence-corrected chi connectivity index (χ1v) is 13.0. The average Bonchev–Trinajstić information content (AvgIpc) is 3.63. The van der Waals surface area contributed by atoms with E-state index in [-0.39, 0.29) is 12.3 Å². The summed E-state index contributed by atoms with van der Waals surface area (Å²) in [7, 11) is 0. The number of carbonyl (C=O) groups excluding carboxylic acids is 1. The number of ether oxygens (including phenoxy) is 2. The van der Waals surface area contributed by atoms with Gasteiger partial charge in [-0.2, -0.15) is 5.10 Å². The maximum atomic E-state index is 12.3. The first kappa shape index (κ1) is 25.5. The van der Waals surface area contributed by atoms with Crippen LogP contribution in [0.2, 0.25) is 0 Å². The molecular weight excluding hydrogens is 512 g/mol. The fourth-order valence-electron chi connectivity index (χ4n) is 4.57. The number of carbonyl (C=O) groups is 1. The molecule has 4 heterocycles. The molecule has 0 saturated carbocycles. The van der Waals surface area contributed by atoms with Gasteiger partial charge in [-0.1, -0.05) is 5.16 Å². The fourth-order valence-corrected chi connectivity index (χ4v) is 4.57. The van der Waals surface area contributed by atoms with Crippen LogP contribution in [0.4, 0.5) is 11.5 Å². The van der Waals surface area contributed by atoms with Gasteiger partial charge in [0.2, 0.25) is 5.91 Å². The monoisotopic (exact) mass is 540 g/mol. The summed E-state index contributed by atoms with van der Waals surface area (Å²) >= 11 is 0. The molecule has 1 amide bonds. The molecule has 1 aliphatic rings. The first-order valence-electron chi connectivity index (χ1n) is 13.0. The van der Waals surface area contributed by atoms with Crippen LogP contribution in [0.15, 0.2) is 71.7 Å². The minimum atomic E-state index is -0.192. The molecule has 0 aliphatic carbocycles. The zero-order valence-electron chi connectivity index (χ0n) is 21.7. The number of hydrogen-bond acceptors (Lipinski definition) is 10. The van der Waals surface area contributed by atoms with Crippen LogP contribution in [0.25, 0.3) is 28.0 Å². The fraction of sp³-hybridized carbons (Fsp3) is 0.250. The summed E-state index contributed by atoms with van der Waals surface area (Å²) in [5.41, 5.74) is 10.4. The number of benzene rings is 2. The van der Waals surface area contributed by atoms with E-state index in [9.17, 15) is 4.79 Å². The van der Waals surface area contributed by atoms with Gasteiger partial charge >= 0.3 is 0 Å².